The highest BCUT2D eigenvalue weighted by Crippen LogP contribution is 2.36. The summed E-state index contributed by atoms with van der Waals surface area (Å²) in [6.45, 7) is 3.90. The van der Waals surface area contributed by atoms with Gasteiger partial charge in [0.25, 0.3) is 0 Å². The van der Waals surface area contributed by atoms with Gasteiger partial charge in [-0.05, 0) is 35.8 Å². The second-order valence-electron chi connectivity index (χ2n) is 5.32. The van der Waals surface area contributed by atoms with Gasteiger partial charge in [0.05, 0.1) is 5.56 Å². The molecule has 1 aromatic carbocycles. The zero-order valence-electron chi connectivity index (χ0n) is 10.7. The van der Waals surface area contributed by atoms with Gasteiger partial charge in [-0.15, -0.1) is 0 Å². The highest BCUT2D eigenvalue weighted by molar-refractivity contribution is 5.69. The van der Waals surface area contributed by atoms with Crippen molar-refractivity contribution in [2.45, 2.75) is 26.4 Å². The van der Waals surface area contributed by atoms with Crippen molar-refractivity contribution in [2.75, 3.05) is 0 Å². The lowest BCUT2D eigenvalue weighted by Gasteiger charge is -2.22. The van der Waals surface area contributed by atoms with E-state index in [0.717, 1.165) is 17.7 Å². The maximum Gasteiger partial charge on any atom is 0.416 e. The van der Waals surface area contributed by atoms with Crippen molar-refractivity contribution in [1.29, 1.82) is 0 Å². The molecule has 102 valence electrons. The lowest BCUT2D eigenvalue weighted by molar-refractivity contribution is -0.137. The first-order chi connectivity index (χ1) is 8.67. The van der Waals surface area contributed by atoms with Crippen LogP contribution in [0.2, 0.25) is 0 Å². The first-order valence-corrected chi connectivity index (χ1v) is 5.95. The Morgan fingerprint density at radius 1 is 1.11 bits per heavy atom. The Kier molecular flexibility index (Phi) is 3.29. The van der Waals surface area contributed by atoms with Crippen LogP contribution >= 0.6 is 0 Å². The van der Waals surface area contributed by atoms with E-state index in [4.69, 9.17) is 0 Å². The van der Waals surface area contributed by atoms with Crippen LogP contribution in [-0.2, 0) is 6.18 Å². The van der Waals surface area contributed by atoms with E-state index >= 15 is 0 Å². The van der Waals surface area contributed by atoms with Crippen molar-refractivity contribution in [2.24, 2.45) is 5.41 Å². The summed E-state index contributed by atoms with van der Waals surface area (Å²) in [5, 5.41) is 0. The Balaban J connectivity index is 2.47. The Morgan fingerprint density at radius 3 is 2.37 bits per heavy atom. The molecule has 0 aromatic heterocycles. The number of alkyl halides is 3. The maximum atomic E-state index is 13.4. The average Bonchev–Trinajstić information content (AvgIpc) is 2.25. The predicted octanol–water partition coefficient (Wildman–Crippen LogP) is 5.21. The number of hydrogen-bond donors (Lipinski definition) is 0. The smallest absolute Gasteiger partial charge is 0.207 e. The molecule has 0 amide bonds. The van der Waals surface area contributed by atoms with Crippen molar-refractivity contribution in [3.05, 3.63) is 53.4 Å². The van der Waals surface area contributed by atoms with E-state index in [1.165, 1.54) is 0 Å². The van der Waals surface area contributed by atoms with Gasteiger partial charge >= 0.3 is 6.18 Å². The summed E-state index contributed by atoms with van der Waals surface area (Å²) in [6.07, 6.45) is 1.75. The second-order valence-corrected chi connectivity index (χ2v) is 5.32. The fraction of sp³-hybridized carbons (Fsp3) is 0.333. The molecule has 0 atom stereocenters. The van der Waals surface area contributed by atoms with Crippen LogP contribution in [-0.4, -0.2) is 0 Å². The van der Waals surface area contributed by atoms with Gasteiger partial charge in [0.2, 0.25) is 0 Å². The third kappa shape index (κ3) is 3.25. The lowest BCUT2D eigenvalue weighted by Crippen LogP contribution is -2.09. The van der Waals surface area contributed by atoms with Gasteiger partial charge in [0, 0.05) is 5.41 Å². The largest absolute Gasteiger partial charge is 0.416 e. The molecule has 0 spiro atoms. The van der Waals surface area contributed by atoms with Crippen molar-refractivity contribution in [3.63, 3.8) is 0 Å². The van der Waals surface area contributed by atoms with Crippen molar-refractivity contribution in [3.8, 4) is 0 Å². The number of benzene rings is 1. The van der Waals surface area contributed by atoms with Crippen LogP contribution in [0.1, 0.15) is 31.4 Å². The second kappa shape index (κ2) is 4.51. The van der Waals surface area contributed by atoms with Crippen LogP contribution in [0.4, 0.5) is 17.6 Å². The molecule has 0 fully saturated rings. The highest BCUT2D eigenvalue weighted by atomic mass is 19.4. The van der Waals surface area contributed by atoms with Crippen molar-refractivity contribution in [1.82, 2.24) is 0 Å². The van der Waals surface area contributed by atoms with Crippen LogP contribution in [0.5, 0.6) is 0 Å². The molecular formula is C15H14F4. The van der Waals surface area contributed by atoms with Gasteiger partial charge in [-0.25, -0.2) is 4.39 Å². The first-order valence-electron chi connectivity index (χ1n) is 5.95. The Hall–Kier alpha value is -1.58. The van der Waals surface area contributed by atoms with Crippen LogP contribution in [0.25, 0.3) is 5.57 Å². The van der Waals surface area contributed by atoms with Gasteiger partial charge < -0.3 is 0 Å². The fourth-order valence-corrected chi connectivity index (χ4v) is 2.19. The third-order valence-corrected chi connectivity index (χ3v) is 3.03. The van der Waals surface area contributed by atoms with Crippen LogP contribution < -0.4 is 0 Å². The molecule has 2 rings (SSSR count). The topological polar surface area (TPSA) is 0 Å². The monoisotopic (exact) mass is 270 g/mol. The standard InChI is InChI=1S/C15H14F4/c1-14(2)5-3-4-10(9-14)11-6-12(15(17,18)19)8-13(16)7-11/h3,5-9H,4H2,1-2H3. The molecule has 1 aromatic rings. The minimum Gasteiger partial charge on any atom is -0.207 e. The lowest BCUT2D eigenvalue weighted by atomic mass is 9.83. The van der Waals surface area contributed by atoms with E-state index in [2.05, 4.69) is 0 Å². The number of hydrogen-bond acceptors (Lipinski definition) is 0. The summed E-state index contributed by atoms with van der Waals surface area (Å²) >= 11 is 0. The number of allylic oxidation sites excluding steroid dienone is 4. The molecule has 1 aliphatic rings. The van der Waals surface area contributed by atoms with Crippen LogP contribution in [0.3, 0.4) is 0 Å². The molecule has 19 heavy (non-hydrogen) atoms. The van der Waals surface area contributed by atoms with Gasteiger partial charge in [-0.1, -0.05) is 32.1 Å². The van der Waals surface area contributed by atoms with E-state index in [1.807, 2.05) is 32.1 Å². The van der Waals surface area contributed by atoms with Crippen molar-refractivity contribution >= 4 is 5.57 Å². The molecule has 0 unspecified atom stereocenters. The maximum absolute atomic E-state index is 13.4. The van der Waals surface area contributed by atoms with Gasteiger partial charge in [0.1, 0.15) is 5.82 Å². The molecule has 0 radical (unpaired) electrons. The number of rotatable bonds is 1. The Morgan fingerprint density at radius 2 is 1.79 bits per heavy atom. The summed E-state index contributed by atoms with van der Waals surface area (Å²) < 4.78 is 51.4. The van der Waals surface area contributed by atoms with Crippen molar-refractivity contribution < 1.29 is 17.6 Å². The zero-order chi connectivity index (χ0) is 14.3. The van der Waals surface area contributed by atoms with Crippen LogP contribution in [0, 0.1) is 11.2 Å². The summed E-state index contributed by atoms with van der Waals surface area (Å²) in [6, 6.07) is 2.67. The molecule has 0 heterocycles. The van der Waals surface area contributed by atoms with Gasteiger partial charge in [-0.2, -0.15) is 13.2 Å². The van der Waals surface area contributed by atoms with Gasteiger partial charge in [-0.3, -0.25) is 0 Å². The van der Waals surface area contributed by atoms with E-state index in [-0.39, 0.29) is 5.41 Å². The molecule has 4 heteroatoms. The van der Waals surface area contributed by atoms with Gasteiger partial charge in [0.15, 0.2) is 0 Å². The summed E-state index contributed by atoms with van der Waals surface area (Å²) in [7, 11) is 0. The molecule has 0 saturated carbocycles. The van der Waals surface area contributed by atoms with E-state index in [1.54, 1.807) is 0 Å². The molecule has 1 aliphatic carbocycles. The Labute approximate surface area is 109 Å². The number of halogens is 4. The summed E-state index contributed by atoms with van der Waals surface area (Å²) in [5.74, 6) is -0.863. The van der Waals surface area contributed by atoms with E-state index < -0.39 is 17.6 Å². The van der Waals surface area contributed by atoms with E-state index in [9.17, 15) is 17.6 Å². The molecule has 0 bridgehead atoms. The predicted molar refractivity (Wildman–Crippen MR) is 66.9 cm³/mol. The fourth-order valence-electron chi connectivity index (χ4n) is 2.19. The Bertz CT molecular complexity index is 548. The minimum atomic E-state index is -4.53. The highest BCUT2D eigenvalue weighted by Gasteiger charge is 2.31. The van der Waals surface area contributed by atoms with E-state index in [0.29, 0.717) is 18.1 Å². The zero-order valence-corrected chi connectivity index (χ0v) is 10.7. The quantitative estimate of drug-likeness (QED) is 0.485. The SMILES string of the molecule is CC1(C)C=CCC(c2cc(F)cc(C(F)(F)F)c2)=C1. The minimum absolute atomic E-state index is 0.224. The van der Waals surface area contributed by atoms with Crippen LogP contribution in [0.15, 0.2) is 36.4 Å². The average molecular weight is 270 g/mol. The molecule has 0 saturated heterocycles. The molecule has 0 nitrogen and oxygen atoms in total. The molecular weight excluding hydrogens is 256 g/mol. The normalized spacial score (nSPS) is 18.3. The summed E-state index contributed by atoms with van der Waals surface area (Å²) in [5.41, 5.74) is -0.156. The third-order valence-electron chi connectivity index (χ3n) is 3.03. The first kappa shape index (κ1) is 13.8. The molecule has 0 N–H and O–H groups in total. The molecule has 0 aliphatic heterocycles. The summed E-state index contributed by atoms with van der Waals surface area (Å²) in [4.78, 5) is 0.